The van der Waals surface area contributed by atoms with Gasteiger partial charge in [0.15, 0.2) is 0 Å². The Morgan fingerprint density at radius 3 is 2.82 bits per heavy atom. The van der Waals surface area contributed by atoms with Crippen LogP contribution in [0.4, 0.5) is 0 Å². The van der Waals surface area contributed by atoms with E-state index < -0.39 is 18.5 Å². The van der Waals surface area contributed by atoms with Gasteiger partial charge in [-0.15, -0.1) is 0 Å². The highest BCUT2D eigenvalue weighted by atomic mass is 16.2. The summed E-state index contributed by atoms with van der Waals surface area (Å²) in [4.78, 5) is 22.1. The second-order valence-corrected chi connectivity index (χ2v) is 2.88. The van der Waals surface area contributed by atoms with Gasteiger partial charge in [0.2, 0.25) is 11.8 Å². The zero-order valence-corrected chi connectivity index (χ0v) is 6.55. The minimum atomic E-state index is -1.15. The minimum Gasteiger partial charge on any atom is -0.345 e. The molecule has 1 rings (SSSR count). The highest BCUT2D eigenvalue weighted by Gasteiger charge is 2.27. The van der Waals surface area contributed by atoms with Gasteiger partial charge in [-0.2, -0.15) is 0 Å². The van der Waals surface area contributed by atoms with Crippen LogP contribution in [0.2, 0.25) is 0 Å². The van der Waals surface area contributed by atoms with Gasteiger partial charge in [0.25, 0.3) is 0 Å². The van der Waals surface area contributed by atoms with Gasteiger partial charge < -0.3 is 10.6 Å². The van der Waals surface area contributed by atoms with Crippen LogP contribution in [0.3, 0.4) is 0 Å². The summed E-state index contributed by atoms with van der Waals surface area (Å²) in [5.41, 5.74) is 0. The lowest BCUT2D eigenvalue weighted by Crippen LogP contribution is -2.58. The molecule has 62 valence electrons. The van der Waals surface area contributed by atoms with E-state index >= 15 is 0 Å². The van der Waals surface area contributed by atoms with Gasteiger partial charge in [-0.25, -0.2) is 0 Å². The number of piperazine rings is 1. The summed E-state index contributed by atoms with van der Waals surface area (Å²) < 4.78 is 7.10. The Labute approximate surface area is 66.8 Å². The van der Waals surface area contributed by atoms with Crippen LogP contribution in [0.5, 0.6) is 0 Å². The molecule has 0 aromatic rings. The lowest BCUT2D eigenvalue weighted by Gasteiger charge is -2.25. The van der Waals surface area contributed by atoms with Gasteiger partial charge in [0, 0.05) is 0 Å². The van der Waals surface area contributed by atoms with Crippen molar-refractivity contribution in [3.05, 3.63) is 0 Å². The van der Waals surface area contributed by atoms with Crippen molar-refractivity contribution in [1.82, 2.24) is 10.6 Å². The third-order valence-electron chi connectivity index (χ3n) is 1.59. The quantitative estimate of drug-likeness (QED) is 0.526. The van der Waals surface area contributed by atoms with Gasteiger partial charge in [-0.3, -0.25) is 9.59 Å². The van der Waals surface area contributed by atoms with Gasteiger partial charge in [-0.1, -0.05) is 13.8 Å². The third kappa shape index (κ3) is 1.69. The maximum Gasteiger partial charge on any atom is 0.243 e. The summed E-state index contributed by atoms with van der Waals surface area (Å²) in [6, 6.07) is -0.487. The molecule has 2 atom stereocenters. The van der Waals surface area contributed by atoms with E-state index in [0.717, 1.165) is 0 Å². The molecule has 1 aliphatic heterocycles. The smallest absolute Gasteiger partial charge is 0.243 e. The molecular formula is C7H12N2O2. The fourth-order valence-electron chi connectivity index (χ4n) is 0.956. The van der Waals surface area contributed by atoms with E-state index in [9.17, 15) is 9.59 Å². The maximum atomic E-state index is 11.1. The molecule has 1 heterocycles. The predicted molar refractivity (Wildman–Crippen MR) is 39.8 cm³/mol. The van der Waals surface area contributed by atoms with E-state index in [1.54, 1.807) is 0 Å². The molecule has 1 aliphatic rings. The Bertz CT molecular complexity index is 217. The second-order valence-electron chi connectivity index (χ2n) is 2.88. The Hall–Kier alpha value is -1.06. The van der Waals surface area contributed by atoms with Crippen molar-refractivity contribution in [3.8, 4) is 0 Å². The van der Waals surface area contributed by atoms with Crippen LogP contribution in [0, 0.1) is 5.92 Å². The van der Waals surface area contributed by atoms with Crippen molar-refractivity contribution in [2.24, 2.45) is 5.92 Å². The summed E-state index contributed by atoms with van der Waals surface area (Å²) in [7, 11) is 0. The summed E-state index contributed by atoms with van der Waals surface area (Å²) in [5, 5.41) is 4.75. The summed E-state index contributed by atoms with van der Waals surface area (Å²) >= 11 is 0. The number of amides is 2. The molecule has 0 bridgehead atoms. The highest BCUT2D eigenvalue weighted by Crippen LogP contribution is 2.03. The molecular weight excluding hydrogens is 144 g/mol. The molecule has 0 aromatic heterocycles. The molecule has 0 aromatic carbocycles. The number of hydrogen-bond acceptors (Lipinski definition) is 2. The van der Waals surface area contributed by atoms with Crippen LogP contribution in [0.15, 0.2) is 0 Å². The first-order chi connectivity index (χ1) is 5.52. The molecule has 4 heteroatoms. The maximum absolute atomic E-state index is 11.1. The van der Waals surface area contributed by atoms with Crippen molar-refractivity contribution in [2.45, 2.75) is 19.9 Å². The van der Waals surface area contributed by atoms with Crippen LogP contribution in [-0.2, 0) is 9.59 Å². The molecule has 0 spiro atoms. The summed E-state index contributed by atoms with van der Waals surface area (Å²) in [6.07, 6.45) is 0. The first kappa shape index (κ1) is 6.64. The molecule has 4 nitrogen and oxygen atoms in total. The van der Waals surface area contributed by atoms with Crippen molar-refractivity contribution in [3.63, 3.8) is 0 Å². The predicted octanol–water partition coefficient (Wildman–Crippen LogP) is -0.743. The average Bonchev–Trinajstić information content (AvgIpc) is 1.96. The topological polar surface area (TPSA) is 58.2 Å². The molecule has 0 saturated carbocycles. The Morgan fingerprint density at radius 2 is 2.27 bits per heavy atom. The summed E-state index contributed by atoms with van der Waals surface area (Å²) in [5.74, 6) is -0.653. The van der Waals surface area contributed by atoms with Crippen molar-refractivity contribution in [1.29, 1.82) is 0 Å². The Kier molecular flexibility index (Phi) is 1.75. The summed E-state index contributed by atoms with van der Waals surface area (Å²) in [6.45, 7) is 2.54. The zero-order valence-electron chi connectivity index (χ0n) is 7.55. The highest BCUT2D eigenvalue weighted by molar-refractivity contribution is 5.94. The normalized spacial score (nSPS) is 32.8. The van der Waals surface area contributed by atoms with E-state index in [1.165, 1.54) is 0 Å². The Morgan fingerprint density at radius 1 is 1.64 bits per heavy atom. The number of carbonyl (C=O) groups excluding carboxylic acids is 2. The fourth-order valence-corrected chi connectivity index (χ4v) is 0.956. The molecule has 2 amide bonds. The monoisotopic (exact) mass is 157 g/mol. The zero-order chi connectivity index (χ0) is 9.30. The second kappa shape index (κ2) is 2.90. The molecule has 0 radical (unpaired) electrons. The number of carbonyl (C=O) groups is 2. The first-order valence-electron chi connectivity index (χ1n) is 4.13. The average molecular weight is 157 g/mol. The van der Waals surface area contributed by atoms with Crippen LogP contribution in [-0.4, -0.2) is 24.4 Å². The fraction of sp³-hybridized carbons (Fsp3) is 0.714. The molecule has 1 saturated heterocycles. The van der Waals surface area contributed by atoms with Crippen molar-refractivity contribution in [2.75, 3.05) is 6.52 Å². The SMILES string of the molecule is [2H][C@H]1NC(=O)[C@H](C(C)C)NC1=O. The van der Waals surface area contributed by atoms with Gasteiger partial charge in [-0.05, 0) is 5.92 Å². The Balaban J connectivity index is 2.68. The van der Waals surface area contributed by atoms with Crippen LogP contribution in [0.25, 0.3) is 0 Å². The molecule has 2 N–H and O–H groups in total. The van der Waals surface area contributed by atoms with Crippen LogP contribution in [0.1, 0.15) is 15.2 Å². The largest absolute Gasteiger partial charge is 0.345 e. The lowest BCUT2D eigenvalue weighted by atomic mass is 10.0. The van der Waals surface area contributed by atoms with Crippen LogP contribution < -0.4 is 10.6 Å². The molecule has 0 unspecified atom stereocenters. The standard InChI is InChI=1S/C7H12N2O2/c1-4(2)6-7(11)8-3-5(10)9-6/h4,6H,3H2,1-2H3,(H,8,11)(H,9,10)/t6-/m0/s1/i3D/t3-,6+/m1. The van der Waals surface area contributed by atoms with E-state index in [4.69, 9.17) is 1.37 Å². The molecule has 11 heavy (non-hydrogen) atoms. The first-order valence-corrected chi connectivity index (χ1v) is 3.55. The van der Waals surface area contributed by atoms with Gasteiger partial charge >= 0.3 is 0 Å². The lowest BCUT2D eigenvalue weighted by molar-refractivity contribution is -0.134. The van der Waals surface area contributed by atoms with Crippen molar-refractivity contribution < 1.29 is 11.0 Å². The van der Waals surface area contributed by atoms with E-state index in [1.807, 2.05) is 13.8 Å². The number of nitrogens with one attached hydrogen (secondary N) is 2. The molecule has 0 aliphatic carbocycles. The van der Waals surface area contributed by atoms with Gasteiger partial charge in [0.1, 0.15) is 6.04 Å². The van der Waals surface area contributed by atoms with E-state index in [-0.39, 0.29) is 11.8 Å². The minimum absolute atomic E-state index is 0.0569. The van der Waals surface area contributed by atoms with Crippen LogP contribution >= 0.6 is 0 Å². The van der Waals surface area contributed by atoms with Crippen molar-refractivity contribution >= 4 is 11.8 Å². The number of hydrogen-bond donors (Lipinski definition) is 2. The molecule has 1 fully saturated rings. The van der Waals surface area contributed by atoms with Gasteiger partial charge in [0.05, 0.1) is 7.89 Å². The number of rotatable bonds is 1. The van der Waals surface area contributed by atoms with E-state index in [0.29, 0.717) is 0 Å². The third-order valence-corrected chi connectivity index (χ3v) is 1.59. The van der Waals surface area contributed by atoms with E-state index in [2.05, 4.69) is 10.6 Å².